The summed E-state index contributed by atoms with van der Waals surface area (Å²) in [6.45, 7) is -0.682. The quantitative estimate of drug-likeness (QED) is 0.237. The summed E-state index contributed by atoms with van der Waals surface area (Å²) < 4.78 is 15.1. The number of hydrogen-bond donors (Lipinski definition) is 8. The third-order valence-electron chi connectivity index (χ3n) is 4.03. The third-order valence-corrected chi connectivity index (χ3v) is 4.03. The molecule has 9 N–H and O–H groups in total. The zero-order valence-electron chi connectivity index (χ0n) is 12.3. The van der Waals surface area contributed by atoms with Gasteiger partial charge in [-0.25, -0.2) is 4.79 Å². The lowest BCUT2D eigenvalue weighted by atomic mass is 9.96. The maximum absolute atomic E-state index is 11.2. The van der Waals surface area contributed by atoms with E-state index in [0.717, 1.165) is 0 Å². The van der Waals surface area contributed by atoms with E-state index in [-0.39, 0.29) is 0 Å². The summed E-state index contributed by atoms with van der Waals surface area (Å²) >= 11 is 0. The van der Waals surface area contributed by atoms with E-state index >= 15 is 0 Å². The second kappa shape index (κ2) is 7.53. The number of hydrogen-bond acceptors (Lipinski definition) is 11. The molecule has 2 fully saturated rings. The lowest BCUT2D eigenvalue weighted by Crippen LogP contribution is -2.66. The topological polar surface area (TPSA) is 212 Å². The fraction of sp³-hybridized carbons (Fsp3) is 0.917. The fourth-order valence-corrected chi connectivity index (χ4v) is 2.58. The molecule has 0 aromatic heterocycles. The van der Waals surface area contributed by atoms with Crippen molar-refractivity contribution >= 4 is 5.97 Å². The van der Waals surface area contributed by atoms with Crippen LogP contribution in [0.4, 0.5) is 0 Å². The van der Waals surface area contributed by atoms with Gasteiger partial charge in [-0.15, -0.1) is 0 Å². The van der Waals surface area contributed by atoms with Crippen LogP contribution >= 0.6 is 0 Å². The smallest absolute Gasteiger partial charge is 0.335 e. The van der Waals surface area contributed by atoms with Crippen molar-refractivity contribution in [3.63, 3.8) is 0 Å². The number of aliphatic hydroxyl groups is 6. The number of rotatable bonds is 4. The zero-order chi connectivity index (χ0) is 18.2. The van der Waals surface area contributed by atoms with Gasteiger partial charge in [0.25, 0.3) is 0 Å². The molecule has 12 heteroatoms. The Morgan fingerprint density at radius 1 is 1.00 bits per heavy atom. The van der Waals surface area contributed by atoms with Crippen LogP contribution in [0.3, 0.4) is 0 Å². The van der Waals surface area contributed by atoms with Crippen molar-refractivity contribution in [2.75, 3.05) is 6.61 Å². The Kier molecular flexibility index (Phi) is 6.09. The van der Waals surface area contributed by atoms with Crippen LogP contribution in [0.25, 0.3) is 0 Å². The van der Waals surface area contributed by atoms with Crippen LogP contribution in [0.5, 0.6) is 0 Å². The van der Waals surface area contributed by atoms with Gasteiger partial charge in [0, 0.05) is 0 Å². The van der Waals surface area contributed by atoms with E-state index in [2.05, 4.69) is 4.74 Å². The molecule has 0 aromatic carbocycles. The number of nitrogens with two attached hydrogens (primary N) is 1. The molecule has 0 amide bonds. The van der Waals surface area contributed by atoms with Gasteiger partial charge in [-0.2, -0.15) is 0 Å². The summed E-state index contributed by atoms with van der Waals surface area (Å²) in [5.74, 6) is -1.59. The lowest BCUT2D eigenvalue weighted by molar-refractivity contribution is -0.333. The second-order valence-electron chi connectivity index (χ2n) is 5.65. The van der Waals surface area contributed by atoms with Gasteiger partial charge in [0.2, 0.25) is 0 Å². The normalized spacial score (nSPS) is 49.8. The molecule has 10 atom stereocenters. The first-order valence-electron chi connectivity index (χ1n) is 7.15. The molecule has 2 aliphatic heterocycles. The van der Waals surface area contributed by atoms with Crippen molar-refractivity contribution in [1.29, 1.82) is 0 Å². The molecule has 2 aliphatic rings. The van der Waals surface area contributed by atoms with Gasteiger partial charge in [0.1, 0.15) is 36.6 Å². The molecular weight excluding hydrogens is 334 g/mol. The van der Waals surface area contributed by atoms with E-state index in [9.17, 15) is 30.3 Å². The largest absolute Gasteiger partial charge is 0.479 e. The first kappa shape index (κ1) is 19.4. The third kappa shape index (κ3) is 3.52. The average molecular weight is 355 g/mol. The maximum atomic E-state index is 11.2. The standard InChI is InChI=1S/C12H21NO11/c13-3-5(16)4(15)2(1-14)22-12(3)24-8-6(17)7(18)11(21)23-9(8)10(19)20/h2-9,11-12,14-18,21H,1,13H2,(H,19,20)/t2-,3-,4-,5-,6-,7-,8+,9+,11?,12-/m1/s1. The summed E-state index contributed by atoms with van der Waals surface area (Å²) in [5, 5.41) is 66.7. The molecule has 2 rings (SSSR count). The SMILES string of the molecule is N[C@H]1[C@@H](O[C@H]2[C@H](O)[C@@H](O)C(O)O[C@@H]2C(=O)O)O[C@H](CO)[C@@H](O)[C@@H]1O. The van der Waals surface area contributed by atoms with Crippen LogP contribution < -0.4 is 5.73 Å². The van der Waals surface area contributed by atoms with Gasteiger partial charge in [-0.3, -0.25) is 0 Å². The number of carbonyl (C=O) groups is 1. The highest BCUT2D eigenvalue weighted by Gasteiger charge is 2.51. The van der Waals surface area contributed by atoms with Gasteiger partial charge < -0.3 is 55.7 Å². The van der Waals surface area contributed by atoms with E-state index in [1.807, 2.05) is 0 Å². The highest BCUT2D eigenvalue weighted by molar-refractivity contribution is 5.73. The first-order chi connectivity index (χ1) is 11.2. The van der Waals surface area contributed by atoms with E-state index < -0.39 is 73.9 Å². The molecule has 2 saturated heterocycles. The average Bonchev–Trinajstić information content (AvgIpc) is 2.54. The Morgan fingerprint density at radius 2 is 1.62 bits per heavy atom. The summed E-state index contributed by atoms with van der Waals surface area (Å²) in [5.41, 5.74) is 5.65. The van der Waals surface area contributed by atoms with Crippen molar-refractivity contribution in [3.05, 3.63) is 0 Å². The van der Waals surface area contributed by atoms with E-state index in [4.69, 9.17) is 25.4 Å². The number of aliphatic hydroxyl groups excluding tert-OH is 6. The van der Waals surface area contributed by atoms with Crippen LogP contribution in [0.2, 0.25) is 0 Å². The molecular formula is C12H21NO11. The minimum Gasteiger partial charge on any atom is -0.479 e. The highest BCUT2D eigenvalue weighted by atomic mass is 16.7. The molecule has 0 aromatic rings. The van der Waals surface area contributed by atoms with Crippen LogP contribution in [0.15, 0.2) is 0 Å². The molecule has 0 bridgehead atoms. The molecule has 12 nitrogen and oxygen atoms in total. The predicted octanol–water partition coefficient (Wildman–Crippen LogP) is -5.34. The fourth-order valence-electron chi connectivity index (χ4n) is 2.58. The van der Waals surface area contributed by atoms with Crippen molar-refractivity contribution in [2.45, 2.75) is 61.3 Å². The molecule has 1 unspecified atom stereocenters. The van der Waals surface area contributed by atoms with Crippen molar-refractivity contribution < 1.29 is 54.8 Å². The van der Waals surface area contributed by atoms with E-state index in [0.29, 0.717) is 0 Å². The Labute approximate surface area is 135 Å². The monoisotopic (exact) mass is 355 g/mol. The predicted molar refractivity (Wildman–Crippen MR) is 71.1 cm³/mol. The summed E-state index contributed by atoms with van der Waals surface area (Å²) in [6.07, 6.45) is -15.0. The van der Waals surface area contributed by atoms with Crippen LogP contribution in [-0.2, 0) is 19.0 Å². The number of carboxylic acids is 1. The minimum absolute atomic E-state index is 0.682. The Balaban J connectivity index is 2.18. The Bertz CT molecular complexity index is 449. The molecule has 2 heterocycles. The van der Waals surface area contributed by atoms with Crippen molar-refractivity contribution in [3.8, 4) is 0 Å². The molecule has 140 valence electrons. The van der Waals surface area contributed by atoms with Gasteiger partial charge in [-0.05, 0) is 0 Å². The number of carboxylic acid groups (broad SMARTS) is 1. The van der Waals surface area contributed by atoms with Gasteiger partial charge in [-0.1, -0.05) is 0 Å². The van der Waals surface area contributed by atoms with Crippen LogP contribution in [0.1, 0.15) is 0 Å². The highest BCUT2D eigenvalue weighted by Crippen LogP contribution is 2.28. The zero-order valence-corrected chi connectivity index (χ0v) is 12.3. The molecule has 0 radical (unpaired) electrons. The molecule has 0 spiro atoms. The molecule has 24 heavy (non-hydrogen) atoms. The van der Waals surface area contributed by atoms with Gasteiger partial charge >= 0.3 is 5.97 Å². The molecule has 0 saturated carbocycles. The number of ether oxygens (including phenoxy) is 3. The summed E-state index contributed by atoms with van der Waals surface area (Å²) in [4.78, 5) is 11.2. The van der Waals surface area contributed by atoms with Crippen LogP contribution in [0, 0.1) is 0 Å². The summed E-state index contributed by atoms with van der Waals surface area (Å²) in [6, 6.07) is -1.34. The second-order valence-corrected chi connectivity index (χ2v) is 5.65. The first-order valence-corrected chi connectivity index (χ1v) is 7.15. The van der Waals surface area contributed by atoms with E-state index in [1.165, 1.54) is 0 Å². The molecule has 0 aliphatic carbocycles. The Hall–Kier alpha value is -0.930. The summed E-state index contributed by atoms with van der Waals surface area (Å²) in [7, 11) is 0. The van der Waals surface area contributed by atoms with Gasteiger partial charge in [0.05, 0.1) is 12.6 Å². The van der Waals surface area contributed by atoms with Gasteiger partial charge in [0.15, 0.2) is 18.7 Å². The van der Waals surface area contributed by atoms with Crippen molar-refractivity contribution in [1.82, 2.24) is 0 Å². The van der Waals surface area contributed by atoms with E-state index in [1.54, 1.807) is 0 Å². The number of aliphatic carboxylic acids is 1. The Morgan fingerprint density at radius 3 is 2.17 bits per heavy atom. The van der Waals surface area contributed by atoms with Crippen molar-refractivity contribution in [2.24, 2.45) is 5.73 Å². The minimum atomic E-state index is -1.94. The lowest BCUT2D eigenvalue weighted by Gasteiger charge is -2.45. The maximum Gasteiger partial charge on any atom is 0.335 e. The van der Waals surface area contributed by atoms with Crippen LogP contribution in [-0.4, -0.2) is 110 Å².